The van der Waals surface area contributed by atoms with E-state index in [0.717, 1.165) is 58.1 Å². The van der Waals surface area contributed by atoms with Gasteiger partial charge in [-0.3, -0.25) is 9.59 Å². The van der Waals surface area contributed by atoms with E-state index < -0.39 is 0 Å². The molecule has 0 aromatic carbocycles. The fourth-order valence-electron chi connectivity index (χ4n) is 8.61. The van der Waals surface area contributed by atoms with Gasteiger partial charge < -0.3 is 8.83 Å². The molecule has 4 aliphatic carbocycles. The molecule has 2 heterocycles. The highest BCUT2D eigenvalue weighted by atomic mass is 32.2. The van der Waals surface area contributed by atoms with Crippen LogP contribution in [0.25, 0.3) is 0 Å². The van der Waals surface area contributed by atoms with E-state index in [1.807, 2.05) is 26.4 Å². The first kappa shape index (κ1) is 23.6. The smallest absolute Gasteiger partial charge is 0.147 e. The lowest BCUT2D eigenvalue weighted by Gasteiger charge is -2.32. The zero-order valence-electron chi connectivity index (χ0n) is 22.3. The van der Waals surface area contributed by atoms with E-state index in [4.69, 9.17) is 8.83 Å². The normalized spacial score (nSPS) is 38.7. The Bertz CT molecular complexity index is 1160. The van der Waals surface area contributed by atoms with Gasteiger partial charge in [0.1, 0.15) is 23.1 Å². The number of aryl methyl sites for hydroxylation is 2. The van der Waals surface area contributed by atoms with Crippen LogP contribution in [0.2, 0.25) is 0 Å². The molecule has 5 heteroatoms. The fourth-order valence-corrected chi connectivity index (χ4v) is 9.78. The van der Waals surface area contributed by atoms with Crippen molar-refractivity contribution in [1.82, 2.24) is 0 Å². The molecule has 0 aliphatic heterocycles. The van der Waals surface area contributed by atoms with Gasteiger partial charge >= 0.3 is 0 Å². The summed E-state index contributed by atoms with van der Waals surface area (Å²) in [4.78, 5) is 29.5. The Morgan fingerprint density at radius 2 is 1.09 bits per heavy atom. The van der Waals surface area contributed by atoms with Crippen LogP contribution in [0.15, 0.2) is 31.2 Å². The average molecular weight is 495 g/mol. The average Bonchev–Trinajstić information content (AvgIpc) is 3.51. The lowest BCUT2D eigenvalue weighted by molar-refractivity contribution is -0.130. The molecule has 4 bridgehead atoms. The molecule has 2 aromatic rings. The standard InChI is InChI=1S/C30H38O4S/c1-15-23(17(13-33-15)21-19-9-11-29(7,25(21)31)27(19,3)4)35-24-16(2)34-14-18(24)22-20-10-12-30(8,26(22)32)28(20,5)6/h13-14,19-22H,9-12H2,1-8H3. The molecule has 0 radical (unpaired) electrons. The van der Waals surface area contributed by atoms with Gasteiger partial charge in [0, 0.05) is 22.0 Å². The van der Waals surface area contributed by atoms with Crippen molar-refractivity contribution in [1.29, 1.82) is 0 Å². The van der Waals surface area contributed by atoms with Crippen molar-refractivity contribution in [2.45, 2.75) is 103 Å². The van der Waals surface area contributed by atoms with Gasteiger partial charge in [-0.2, -0.15) is 0 Å². The second-order valence-corrected chi connectivity index (χ2v) is 14.4. The van der Waals surface area contributed by atoms with E-state index in [-0.39, 0.29) is 33.5 Å². The van der Waals surface area contributed by atoms with E-state index in [1.54, 1.807) is 11.8 Å². The van der Waals surface area contributed by atoms with Crippen LogP contribution in [0.3, 0.4) is 0 Å². The number of carbonyl (C=O) groups is 2. The number of ketones is 2. The number of carbonyl (C=O) groups excluding carboxylic acids is 2. The molecule has 6 unspecified atom stereocenters. The second-order valence-electron chi connectivity index (χ2n) is 13.3. The minimum absolute atomic E-state index is 0.0187. The number of fused-ring (bicyclic) bond motifs is 4. The van der Waals surface area contributed by atoms with Crippen molar-refractivity contribution >= 4 is 23.3 Å². The molecule has 0 amide bonds. The molecule has 0 saturated heterocycles. The van der Waals surface area contributed by atoms with Gasteiger partial charge in [-0.1, -0.05) is 53.3 Å². The number of rotatable bonds is 4. The number of hydrogen-bond donors (Lipinski definition) is 0. The van der Waals surface area contributed by atoms with Crippen molar-refractivity contribution in [3.05, 3.63) is 35.2 Å². The van der Waals surface area contributed by atoms with Crippen molar-refractivity contribution in [3.8, 4) is 0 Å². The van der Waals surface area contributed by atoms with Crippen LogP contribution < -0.4 is 0 Å². The van der Waals surface area contributed by atoms with Crippen molar-refractivity contribution < 1.29 is 18.4 Å². The quantitative estimate of drug-likeness (QED) is 0.433. The van der Waals surface area contributed by atoms with Crippen LogP contribution in [-0.2, 0) is 9.59 Å². The maximum absolute atomic E-state index is 13.7. The second kappa shape index (κ2) is 6.96. The van der Waals surface area contributed by atoms with Crippen LogP contribution >= 0.6 is 11.8 Å². The fraction of sp³-hybridized carbons (Fsp3) is 0.667. The summed E-state index contributed by atoms with van der Waals surface area (Å²) in [6.45, 7) is 17.4. The van der Waals surface area contributed by atoms with Crippen molar-refractivity contribution in [3.63, 3.8) is 0 Å². The minimum Gasteiger partial charge on any atom is -0.468 e. The zero-order chi connectivity index (χ0) is 25.3. The number of Topliss-reactive ketones (excluding diaryl/α,β-unsaturated/α-hetero) is 2. The highest BCUT2D eigenvalue weighted by Crippen LogP contribution is 2.70. The Balaban J connectivity index is 1.40. The summed E-state index contributed by atoms with van der Waals surface area (Å²) in [5, 5.41) is 0. The first-order valence-electron chi connectivity index (χ1n) is 13.2. The van der Waals surface area contributed by atoms with E-state index in [0.29, 0.717) is 23.4 Å². The lowest BCUT2D eigenvalue weighted by Crippen LogP contribution is -2.33. The summed E-state index contributed by atoms with van der Waals surface area (Å²) in [6.07, 6.45) is 7.75. The molecule has 4 nitrogen and oxygen atoms in total. The van der Waals surface area contributed by atoms with Crippen LogP contribution in [0.4, 0.5) is 0 Å². The molecule has 4 fully saturated rings. The molecule has 4 aliphatic rings. The third-order valence-corrected chi connectivity index (χ3v) is 13.3. The summed E-state index contributed by atoms with van der Waals surface area (Å²) >= 11 is 1.65. The predicted octanol–water partition coefficient (Wildman–Crippen LogP) is 7.86. The van der Waals surface area contributed by atoms with Gasteiger partial charge in [0.05, 0.1) is 34.2 Å². The van der Waals surface area contributed by atoms with E-state index in [9.17, 15) is 9.59 Å². The molecule has 0 spiro atoms. The molecule has 188 valence electrons. The van der Waals surface area contributed by atoms with E-state index >= 15 is 0 Å². The Labute approximate surface area is 213 Å². The maximum atomic E-state index is 13.7. The third-order valence-electron chi connectivity index (χ3n) is 11.8. The Kier molecular flexibility index (Phi) is 4.70. The lowest BCUT2D eigenvalue weighted by atomic mass is 9.70. The topological polar surface area (TPSA) is 60.4 Å². The summed E-state index contributed by atoms with van der Waals surface area (Å²) in [5.74, 6) is 2.81. The largest absolute Gasteiger partial charge is 0.468 e. The molecule has 4 saturated carbocycles. The highest BCUT2D eigenvalue weighted by molar-refractivity contribution is 7.99. The Morgan fingerprint density at radius 3 is 1.40 bits per heavy atom. The summed E-state index contributed by atoms with van der Waals surface area (Å²) in [7, 11) is 0. The van der Waals surface area contributed by atoms with Crippen LogP contribution in [0.5, 0.6) is 0 Å². The van der Waals surface area contributed by atoms with Gasteiger partial charge in [-0.25, -0.2) is 0 Å². The molecule has 0 N–H and O–H groups in total. The number of hydrogen-bond acceptors (Lipinski definition) is 5. The molecule has 2 aromatic heterocycles. The summed E-state index contributed by atoms with van der Waals surface area (Å²) < 4.78 is 11.9. The zero-order valence-corrected chi connectivity index (χ0v) is 23.2. The Hall–Kier alpha value is -1.75. The van der Waals surface area contributed by atoms with Crippen molar-refractivity contribution in [2.24, 2.45) is 33.5 Å². The van der Waals surface area contributed by atoms with Gasteiger partial charge in [-0.05, 0) is 62.2 Å². The molecule has 6 atom stereocenters. The van der Waals surface area contributed by atoms with Crippen LogP contribution in [0, 0.1) is 47.3 Å². The van der Waals surface area contributed by atoms with Crippen LogP contribution in [-0.4, -0.2) is 11.6 Å². The van der Waals surface area contributed by atoms with Gasteiger partial charge in [0.25, 0.3) is 0 Å². The molecular formula is C30H38O4S. The van der Waals surface area contributed by atoms with Crippen LogP contribution in [0.1, 0.15) is 102 Å². The molecule has 35 heavy (non-hydrogen) atoms. The SMILES string of the molecule is Cc1occ(C2C(=O)C3(C)CCC2C3(C)C)c1Sc1c(C2C(=O)C3(C)CCC2C3(C)C)coc1C. The van der Waals surface area contributed by atoms with E-state index in [2.05, 4.69) is 41.5 Å². The molecule has 6 rings (SSSR count). The highest BCUT2D eigenvalue weighted by Gasteiger charge is 2.68. The third kappa shape index (κ3) is 2.61. The number of furan rings is 2. The summed E-state index contributed by atoms with van der Waals surface area (Å²) in [6, 6.07) is 0. The predicted molar refractivity (Wildman–Crippen MR) is 136 cm³/mol. The monoisotopic (exact) mass is 494 g/mol. The van der Waals surface area contributed by atoms with E-state index in [1.165, 1.54) is 0 Å². The first-order valence-corrected chi connectivity index (χ1v) is 14.0. The summed E-state index contributed by atoms with van der Waals surface area (Å²) in [5.41, 5.74) is 1.46. The first-order chi connectivity index (χ1) is 16.3. The van der Waals surface area contributed by atoms with Gasteiger partial charge in [0.15, 0.2) is 0 Å². The Morgan fingerprint density at radius 1 is 0.714 bits per heavy atom. The van der Waals surface area contributed by atoms with Crippen molar-refractivity contribution in [2.75, 3.05) is 0 Å². The van der Waals surface area contributed by atoms with Gasteiger partial charge in [-0.15, -0.1) is 0 Å². The maximum Gasteiger partial charge on any atom is 0.147 e. The molecular weight excluding hydrogens is 456 g/mol. The van der Waals surface area contributed by atoms with Gasteiger partial charge in [0.2, 0.25) is 0 Å². The minimum atomic E-state index is -0.275.